The van der Waals surface area contributed by atoms with Gasteiger partial charge in [0.1, 0.15) is 10.7 Å². The Morgan fingerprint density at radius 3 is 2.54 bits per heavy atom. The number of carbonyl (C=O) groups is 1. The number of hydrogen-bond donors (Lipinski definition) is 3. The number of carbonyl (C=O) groups excluding carboxylic acids is 1. The topological polar surface area (TPSA) is 109 Å². The molecule has 1 aliphatic heterocycles. The molecule has 0 radical (unpaired) electrons. The van der Waals surface area contributed by atoms with Crippen molar-refractivity contribution in [2.75, 3.05) is 23.9 Å². The zero-order valence-electron chi connectivity index (χ0n) is 18.5. The number of thiocarbonyl (C=S) groups is 1. The van der Waals surface area contributed by atoms with Crippen molar-refractivity contribution in [3.8, 4) is 5.69 Å². The van der Waals surface area contributed by atoms with Gasteiger partial charge in [0.05, 0.1) is 11.4 Å². The fourth-order valence-electron chi connectivity index (χ4n) is 3.80. The Balaban J connectivity index is 1.62. The summed E-state index contributed by atoms with van der Waals surface area (Å²) >= 11 is 4.94. The summed E-state index contributed by atoms with van der Waals surface area (Å²) in [5.74, 6) is -0.779. The van der Waals surface area contributed by atoms with E-state index in [4.69, 9.17) is 28.1 Å². The van der Waals surface area contributed by atoms with Gasteiger partial charge < -0.3 is 26.1 Å². The van der Waals surface area contributed by atoms with Crippen LogP contribution in [-0.4, -0.2) is 46.3 Å². The van der Waals surface area contributed by atoms with E-state index in [0.29, 0.717) is 36.0 Å². The summed E-state index contributed by atoms with van der Waals surface area (Å²) in [5.41, 5.74) is 6.38. The first kappa shape index (κ1) is 24.4. The monoisotopic (exact) mass is 502 g/mol. The van der Waals surface area contributed by atoms with Gasteiger partial charge in [-0.05, 0) is 36.4 Å². The first-order valence-electron chi connectivity index (χ1n) is 10.4. The summed E-state index contributed by atoms with van der Waals surface area (Å²) in [5, 5.41) is 14.2. The summed E-state index contributed by atoms with van der Waals surface area (Å²) in [6.07, 6.45) is -4.62. The molecule has 0 spiro atoms. The summed E-state index contributed by atoms with van der Waals surface area (Å²) in [4.78, 5) is 15.0. The molecule has 12 heteroatoms. The number of hydrogen-bond acceptors (Lipinski definition) is 6. The van der Waals surface area contributed by atoms with Crippen molar-refractivity contribution in [3.05, 3.63) is 71.5 Å². The zero-order valence-corrected chi connectivity index (χ0v) is 19.3. The number of halogens is 3. The largest absolute Gasteiger partial charge is 0.435 e. The van der Waals surface area contributed by atoms with E-state index in [1.165, 1.54) is 19.2 Å². The van der Waals surface area contributed by atoms with Gasteiger partial charge in [-0.1, -0.05) is 24.4 Å². The molecule has 0 bridgehead atoms. The summed E-state index contributed by atoms with van der Waals surface area (Å²) in [7, 11) is 1.53. The molecule has 4 N–H and O–H groups in total. The fraction of sp³-hybridized carbons (Fsp3) is 0.217. The van der Waals surface area contributed by atoms with Crippen molar-refractivity contribution in [1.29, 1.82) is 5.41 Å². The highest BCUT2D eigenvalue weighted by Gasteiger charge is 2.36. The molecular formula is C23H21F3N6O2S. The summed E-state index contributed by atoms with van der Waals surface area (Å²) in [6, 6.07) is 13.6. The molecule has 1 saturated heterocycles. The minimum Gasteiger partial charge on any atom is -0.389 e. The lowest BCUT2D eigenvalue weighted by Gasteiger charge is -2.25. The van der Waals surface area contributed by atoms with Crippen molar-refractivity contribution in [2.45, 2.75) is 18.8 Å². The second-order valence-electron chi connectivity index (χ2n) is 7.80. The lowest BCUT2D eigenvalue weighted by Crippen LogP contribution is -2.34. The molecule has 1 atom stereocenters. The van der Waals surface area contributed by atoms with E-state index in [1.807, 2.05) is 4.90 Å². The lowest BCUT2D eigenvalue weighted by molar-refractivity contribution is -0.141. The van der Waals surface area contributed by atoms with Gasteiger partial charge in [-0.15, -0.1) is 0 Å². The van der Waals surface area contributed by atoms with Crippen LogP contribution in [0.15, 0.2) is 54.6 Å². The minimum atomic E-state index is -4.75. The first-order chi connectivity index (χ1) is 16.6. The standard InChI is InChI=1S/C23H21F3N6O2S/c1-34-22-17(27)9-10-31(22)15-7-5-14(6-8-15)29-21(33)18-12-19(23(24,25)26)30-32(18)16-4-2-3-13(11-16)20(28)35/h2-8,11-12,22,27H,9-10H2,1H3,(H2,28,35)(H,29,33). The predicted molar refractivity (Wildman–Crippen MR) is 129 cm³/mol. The molecule has 3 aromatic rings. The van der Waals surface area contributed by atoms with Gasteiger partial charge >= 0.3 is 6.18 Å². The van der Waals surface area contributed by atoms with Crippen LogP contribution in [0.5, 0.6) is 0 Å². The number of alkyl halides is 3. The maximum absolute atomic E-state index is 13.4. The number of nitrogens with zero attached hydrogens (tertiary/aromatic N) is 3. The van der Waals surface area contributed by atoms with Gasteiger partial charge in [-0.2, -0.15) is 18.3 Å². The number of benzene rings is 2. The minimum absolute atomic E-state index is 0.0602. The van der Waals surface area contributed by atoms with E-state index in [1.54, 1.807) is 36.4 Å². The van der Waals surface area contributed by atoms with E-state index in [2.05, 4.69) is 10.4 Å². The molecule has 2 aromatic carbocycles. The number of nitrogens with two attached hydrogens (primary N) is 1. The molecule has 35 heavy (non-hydrogen) atoms. The maximum atomic E-state index is 13.4. The number of ether oxygens (including phenoxy) is 1. The number of rotatable bonds is 6. The Bertz CT molecular complexity index is 1290. The highest BCUT2D eigenvalue weighted by molar-refractivity contribution is 7.80. The number of aromatic nitrogens is 2. The molecule has 1 unspecified atom stereocenters. The van der Waals surface area contributed by atoms with Crippen LogP contribution < -0.4 is 16.0 Å². The Labute approximate surface area is 204 Å². The average molecular weight is 503 g/mol. The van der Waals surface area contributed by atoms with Crippen LogP contribution in [0.25, 0.3) is 5.69 Å². The van der Waals surface area contributed by atoms with Crippen molar-refractivity contribution in [3.63, 3.8) is 0 Å². The highest BCUT2D eigenvalue weighted by atomic mass is 32.1. The highest BCUT2D eigenvalue weighted by Crippen LogP contribution is 2.30. The molecule has 4 rings (SSSR count). The number of anilines is 2. The van der Waals surface area contributed by atoms with E-state index < -0.39 is 24.0 Å². The van der Waals surface area contributed by atoms with Gasteiger partial charge in [-0.25, -0.2) is 4.68 Å². The van der Waals surface area contributed by atoms with E-state index in [0.717, 1.165) is 10.4 Å². The SMILES string of the molecule is COC1C(=N)CCN1c1ccc(NC(=O)c2cc(C(F)(F)F)nn2-c2cccc(C(N)=S)c2)cc1. The molecule has 8 nitrogen and oxygen atoms in total. The number of methoxy groups -OCH3 is 1. The number of amides is 1. The Morgan fingerprint density at radius 1 is 1.20 bits per heavy atom. The lowest BCUT2D eigenvalue weighted by atomic mass is 10.2. The first-order valence-corrected chi connectivity index (χ1v) is 10.8. The molecule has 0 saturated carbocycles. The van der Waals surface area contributed by atoms with Crippen molar-refractivity contribution < 1.29 is 22.7 Å². The molecule has 1 aliphatic rings. The summed E-state index contributed by atoms with van der Waals surface area (Å²) in [6.45, 7) is 0.619. The molecule has 2 heterocycles. The van der Waals surface area contributed by atoms with Gasteiger partial charge in [0.2, 0.25) is 0 Å². The normalized spacial score (nSPS) is 15.9. The molecule has 1 fully saturated rings. The quantitative estimate of drug-likeness (QED) is 0.440. The second kappa shape index (κ2) is 9.47. The number of nitrogens with one attached hydrogen (secondary N) is 2. The molecule has 1 amide bonds. The van der Waals surface area contributed by atoms with Crippen LogP contribution in [-0.2, 0) is 10.9 Å². The third-order valence-corrected chi connectivity index (χ3v) is 5.73. The van der Waals surface area contributed by atoms with E-state index in [-0.39, 0.29) is 16.4 Å². The Kier molecular flexibility index (Phi) is 6.59. The van der Waals surface area contributed by atoms with E-state index >= 15 is 0 Å². The van der Waals surface area contributed by atoms with Crippen molar-refractivity contribution >= 4 is 40.2 Å². The molecule has 1 aromatic heterocycles. The molecular weight excluding hydrogens is 481 g/mol. The Hall–Kier alpha value is -3.77. The van der Waals surface area contributed by atoms with Crippen LogP contribution in [0.4, 0.5) is 24.5 Å². The average Bonchev–Trinajstić information content (AvgIpc) is 3.44. The second-order valence-corrected chi connectivity index (χ2v) is 8.24. The smallest absolute Gasteiger partial charge is 0.389 e. The predicted octanol–water partition coefficient (Wildman–Crippen LogP) is 3.98. The van der Waals surface area contributed by atoms with Gasteiger partial charge in [0.15, 0.2) is 11.9 Å². The van der Waals surface area contributed by atoms with Crippen molar-refractivity contribution in [1.82, 2.24) is 9.78 Å². The fourth-order valence-corrected chi connectivity index (χ4v) is 3.93. The third-order valence-electron chi connectivity index (χ3n) is 5.49. The van der Waals surface area contributed by atoms with Crippen LogP contribution in [0.3, 0.4) is 0 Å². The zero-order chi connectivity index (χ0) is 25.3. The van der Waals surface area contributed by atoms with Gasteiger partial charge in [0, 0.05) is 43.1 Å². The van der Waals surface area contributed by atoms with Crippen LogP contribution in [0, 0.1) is 5.41 Å². The van der Waals surface area contributed by atoms with Gasteiger partial charge in [0.25, 0.3) is 5.91 Å². The Morgan fingerprint density at radius 2 is 1.91 bits per heavy atom. The van der Waals surface area contributed by atoms with Gasteiger partial charge in [-0.3, -0.25) is 4.79 Å². The van der Waals surface area contributed by atoms with E-state index in [9.17, 15) is 18.0 Å². The van der Waals surface area contributed by atoms with Crippen LogP contribution in [0.1, 0.15) is 28.2 Å². The molecule has 0 aliphatic carbocycles. The third kappa shape index (κ3) is 5.03. The maximum Gasteiger partial charge on any atom is 0.435 e. The van der Waals surface area contributed by atoms with Crippen molar-refractivity contribution in [2.24, 2.45) is 5.73 Å². The summed E-state index contributed by atoms with van der Waals surface area (Å²) < 4.78 is 46.5. The van der Waals surface area contributed by atoms with Crippen LogP contribution in [0.2, 0.25) is 0 Å². The van der Waals surface area contributed by atoms with Crippen LogP contribution >= 0.6 is 12.2 Å². The molecule has 182 valence electrons.